The Kier molecular flexibility index (Phi) is 5.64. The van der Waals surface area contributed by atoms with Crippen LogP contribution in [0.25, 0.3) is 0 Å². The molecule has 140 valence electrons. The van der Waals surface area contributed by atoms with Gasteiger partial charge in [0.05, 0.1) is 11.6 Å². The van der Waals surface area contributed by atoms with Crippen LogP contribution in [0.1, 0.15) is 18.9 Å². The summed E-state index contributed by atoms with van der Waals surface area (Å²) in [7, 11) is 0. The lowest BCUT2D eigenvalue weighted by Crippen LogP contribution is -2.59. The van der Waals surface area contributed by atoms with Crippen LogP contribution >= 0.6 is 0 Å². The second-order valence-corrected chi connectivity index (χ2v) is 7.34. The molecular weight excluding hydrogens is 334 g/mol. The normalized spacial score (nSPS) is 26.8. The predicted molar refractivity (Wildman–Crippen MR) is 94.9 cm³/mol. The Hall–Kier alpha value is -2.30. The number of aliphatic hydroxyl groups is 1. The number of nitriles is 1. The number of carboxylic acid groups (broad SMARTS) is 1. The van der Waals surface area contributed by atoms with Crippen molar-refractivity contribution in [1.29, 1.82) is 5.26 Å². The molecule has 4 atom stereocenters. The summed E-state index contributed by atoms with van der Waals surface area (Å²) < 4.78 is 5.61. The Morgan fingerprint density at radius 2 is 2.08 bits per heavy atom. The van der Waals surface area contributed by atoms with Crippen molar-refractivity contribution >= 4 is 6.09 Å². The van der Waals surface area contributed by atoms with Gasteiger partial charge in [-0.2, -0.15) is 5.26 Å². The van der Waals surface area contributed by atoms with Crippen LogP contribution in [0.4, 0.5) is 4.79 Å². The summed E-state index contributed by atoms with van der Waals surface area (Å²) in [5.41, 5.74) is 0.571. The lowest BCUT2D eigenvalue weighted by Gasteiger charge is -2.49. The third-order valence-corrected chi connectivity index (χ3v) is 5.46. The van der Waals surface area contributed by atoms with Crippen LogP contribution in [0.2, 0.25) is 0 Å². The van der Waals surface area contributed by atoms with E-state index in [1.54, 1.807) is 24.3 Å². The molecule has 1 amide bonds. The van der Waals surface area contributed by atoms with Gasteiger partial charge in [-0.25, -0.2) is 4.79 Å². The molecule has 0 radical (unpaired) electrons. The van der Waals surface area contributed by atoms with E-state index in [0.29, 0.717) is 42.8 Å². The van der Waals surface area contributed by atoms with Gasteiger partial charge in [-0.15, -0.1) is 0 Å². The smallest absolute Gasteiger partial charge is 0.407 e. The lowest BCUT2D eigenvalue weighted by atomic mass is 9.80. The number of likely N-dealkylation sites (tertiary alicyclic amines) is 2. The summed E-state index contributed by atoms with van der Waals surface area (Å²) in [6.07, 6.45) is -0.405. The summed E-state index contributed by atoms with van der Waals surface area (Å²) in [4.78, 5) is 15.0. The maximum Gasteiger partial charge on any atom is 0.407 e. The molecule has 26 heavy (non-hydrogen) atoms. The van der Waals surface area contributed by atoms with Crippen LogP contribution in [-0.2, 0) is 0 Å². The van der Waals surface area contributed by atoms with E-state index < -0.39 is 12.2 Å². The Morgan fingerprint density at radius 3 is 2.73 bits per heavy atom. The second kappa shape index (κ2) is 7.94. The van der Waals surface area contributed by atoms with Gasteiger partial charge in [0.2, 0.25) is 0 Å². The van der Waals surface area contributed by atoms with E-state index in [0.717, 1.165) is 13.0 Å². The Labute approximate surface area is 153 Å². The number of benzene rings is 1. The van der Waals surface area contributed by atoms with Crippen molar-refractivity contribution in [2.75, 3.05) is 32.8 Å². The van der Waals surface area contributed by atoms with Crippen molar-refractivity contribution in [3.05, 3.63) is 29.8 Å². The number of nitrogens with zero attached hydrogens (tertiary/aromatic N) is 3. The van der Waals surface area contributed by atoms with Gasteiger partial charge in [-0.1, -0.05) is 0 Å². The van der Waals surface area contributed by atoms with Crippen LogP contribution in [0.3, 0.4) is 0 Å². The minimum absolute atomic E-state index is 0.186. The van der Waals surface area contributed by atoms with Crippen molar-refractivity contribution in [2.24, 2.45) is 11.8 Å². The van der Waals surface area contributed by atoms with Gasteiger partial charge in [0.15, 0.2) is 0 Å². The maximum atomic E-state index is 11.2. The monoisotopic (exact) mass is 359 g/mol. The van der Waals surface area contributed by atoms with Gasteiger partial charge in [-0.05, 0) is 49.4 Å². The Balaban J connectivity index is 1.50. The largest absolute Gasteiger partial charge is 0.491 e. The molecule has 2 bridgehead atoms. The molecule has 1 aromatic carbocycles. The SMILES string of the molecule is CC1C2CC(CN(C(=O)O)C2)CN1CC(O)COc1ccc(C#N)cc1. The third kappa shape index (κ3) is 4.26. The highest BCUT2D eigenvalue weighted by molar-refractivity contribution is 5.65. The number of hydrogen-bond acceptors (Lipinski definition) is 5. The molecule has 2 aliphatic heterocycles. The molecule has 2 heterocycles. The first-order chi connectivity index (χ1) is 12.5. The average Bonchev–Trinajstić information content (AvgIpc) is 2.64. The number of aliphatic hydroxyl groups excluding tert-OH is 1. The first-order valence-corrected chi connectivity index (χ1v) is 8.99. The summed E-state index contributed by atoms with van der Waals surface area (Å²) in [6, 6.07) is 9.10. The number of ether oxygens (including phenoxy) is 1. The Bertz CT molecular complexity index is 672. The van der Waals surface area contributed by atoms with Gasteiger partial charge in [0.25, 0.3) is 0 Å². The Morgan fingerprint density at radius 1 is 1.35 bits per heavy atom. The molecule has 2 saturated heterocycles. The third-order valence-electron chi connectivity index (χ3n) is 5.46. The summed E-state index contributed by atoms with van der Waals surface area (Å²) in [5, 5.41) is 28.4. The van der Waals surface area contributed by atoms with E-state index in [1.165, 1.54) is 4.90 Å². The van der Waals surface area contributed by atoms with Crippen LogP contribution in [0, 0.1) is 23.2 Å². The van der Waals surface area contributed by atoms with Crippen LogP contribution in [-0.4, -0.2) is 71.0 Å². The van der Waals surface area contributed by atoms with Crippen molar-refractivity contribution in [1.82, 2.24) is 9.80 Å². The number of fused-ring (bicyclic) bond motifs is 2. The van der Waals surface area contributed by atoms with Crippen LogP contribution in [0.15, 0.2) is 24.3 Å². The molecule has 0 saturated carbocycles. The average molecular weight is 359 g/mol. The number of hydrogen-bond donors (Lipinski definition) is 2. The minimum Gasteiger partial charge on any atom is -0.491 e. The summed E-state index contributed by atoms with van der Waals surface area (Å²) in [6.45, 7) is 4.76. The minimum atomic E-state index is -0.837. The standard InChI is InChI=1S/C19H25N3O4/c1-13-16-6-15(9-22(10-16)19(24)25)8-21(13)11-17(23)12-26-18-4-2-14(7-20)3-5-18/h2-5,13,15-17,23H,6,8-12H2,1H3,(H,24,25). The van der Waals surface area contributed by atoms with E-state index in [1.807, 2.05) is 0 Å². The molecule has 2 aliphatic rings. The van der Waals surface area contributed by atoms with Crippen molar-refractivity contribution in [3.8, 4) is 11.8 Å². The number of β-amino-alcohol motifs (C(OH)–C–C–N with tert-alkyl or cyclic N) is 1. The molecule has 1 aromatic rings. The van der Waals surface area contributed by atoms with Crippen LogP contribution in [0.5, 0.6) is 5.75 Å². The zero-order valence-electron chi connectivity index (χ0n) is 14.9. The summed E-state index contributed by atoms with van der Waals surface area (Å²) >= 11 is 0. The van der Waals surface area contributed by atoms with E-state index >= 15 is 0 Å². The molecule has 7 nitrogen and oxygen atoms in total. The number of carbonyl (C=O) groups is 1. The molecule has 2 N–H and O–H groups in total. The van der Waals surface area contributed by atoms with Gasteiger partial charge in [-0.3, -0.25) is 4.90 Å². The second-order valence-electron chi connectivity index (χ2n) is 7.34. The molecule has 7 heteroatoms. The topological polar surface area (TPSA) is 97.0 Å². The van der Waals surface area contributed by atoms with E-state index in [-0.39, 0.29) is 12.6 Å². The van der Waals surface area contributed by atoms with Crippen molar-refractivity contribution in [2.45, 2.75) is 25.5 Å². The zero-order chi connectivity index (χ0) is 18.7. The summed E-state index contributed by atoms with van der Waals surface area (Å²) in [5.74, 6) is 1.27. The van der Waals surface area contributed by atoms with Gasteiger partial charge >= 0.3 is 6.09 Å². The van der Waals surface area contributed by atoms with Crippen LogP contribution < -0.4 is 4.74 Å². The first kappa shape index (κ1) is 18.5. The molecule has 0 aliphatic carbocycles. The van der Waals surface area contributed by atoms with Gasteiger partial charge < -0.3 is 19.8 Å². The van der Waals surface area contributed by atoms with Gasteiger partial charge in [0.1, 0.15) is 18.5 Å². The molecule has 0 aromatic heterocycles. The molecule has 0 spiro atoms. The van der Waals surface area contributed by atoms with Gasteiger partial charge in [0, 0.05) is 32.2 Å². The molecular formula is C19H25N3O4. The first-order valence-electron chi connectivity index (χ1n) is 8.99. The number of amides is 1. The molecule has 4 unspecified atom stereocenters. The van der Waals surface area contributed by atoms with E-state index in [2.05, 4.69) is 17.9 Å². The maximum absolute atomic E-state index is 11.2. The fourth-order valence-electron chi connectivity index (χ4n) is 4.06. The lowest BCUT2D eigenvalue weighted by molar-refractivity contribution is -0.0277. The van der Waals surface area contributed by atoms with Crippen molar-refractivity contribution < 1.29 is 19.7 Å². The molecule has 3 rings (SSSR count). The fourth-order valence-corrected chi connectivity index (χ4v) is 4.06. The predicted octanol–water partition coefficient (Wildman–Crippen LogP) is 1.62. The zero-order valence-corrected chi connectivity index (χ0v) is 14.9. The fraction of sp³-hybridized carbons (Fsp3) is 0.579. The van der Waals surface area contributed by atoms with Crippen molar-refractivity contribution in [3.63, 3.8) is 0 Å². The number of piperidine rings is 2. The number of rotatable bonds is 5. The van der Waals surface area contributed by atoms with E-state index in [4.69, 9.17) is 10.00 Å². The highest BCUT2D eigenvalue weighted by Gasteiger charge is 2.40. The highest BCUT2D eigenvalue weighted by atomic mass is 16.5. The molecule has 2 fully saturated rings. The quantitative estimate of drug-likeness (QED) is 0.829. The van der Waals surface area contributed by atoms with E-state index in [9.17, 15) is 15.0 Å². The highest BCUT2D eigenvalue weighted by Crippen LogP contribution is 2.33.